The third-order valence-corrected chi connectivity index (χ3v) is 3.03. The van der Waals surface area contributed by atoms with E-state index in [2.05, 4.69) is 15.4 Å². The molecule has 1 aliphatic heterocycles. The molecule has 1 aromatic rings. The van der Waals surface area contributed by atoms with Crippen molar-refractivity contribution in [1.82, 2.24) is 29.9 Å². The number of hydrogen-bond donors (Lipinski definition) is 1. The van der Waals surface area contributed by atoms with Gasteiger partial charge in [0.05, 0.1) is 6.54 Å². The molecule has 0 bridgehead atoms. The third kappa shape index (κ3) is 3.75. The van der Waals surface area contributed by atoms with Crippen LogP contribution in [0.5, 0.6) is 0 Å². The highest BCUT2D eigenvalue weighted by atomic mass is 16.2. The van der Waals surface area contributed by atoms with Crippen LogP contribution in [-0.2, 0) is 16.1 Å². The van der Waals surface area contributed by atoms with Gasteiger partial charge in [0.15, 0.2) is 0 Å². The first-order valence-corrected chi connectivity index (χ1v) is 6.21. The van der Waals surface area contributed by atoms with E-state index in [0.29, 0.717) is 13.1 Å². The molecule has 1 aromatic heterocycles. The van der Waals surface area contributed by atoms with E-state index in [1.807, 2.05) is 0 Å². The molecule has 0 spiro atoms. The highest BCUT2D eigenvalue weighted by Crippen LogP contribution is 1.97. The van der Waals surface area contributed by atoms with Gasteiger partial charge in [0.1, 0.15) is 19.2 Å². The molecule has 0 aliphatic carbocycles. The predicted molar refractivity (Wildman–Crippen MR) is 67.1 cm³/mol. The SMILES string of the molecule is CN(CC(=O)N1CCNCC1)C(=O)Cn1cncn1. The Bertz CT molecular complexity index is 426. The number of nitrogens with zero attached hydrogens (tertiary/aromatic N) is 5. The van der Waals surface area contributed by atoms with Gasteiger partial charge in [-0.2, -0.15) is 5.10 Å². The number of likely N-dealkylation sites (N-methyl/N-ethyl adjacent to an activating group) is 1. The van der Waals surface area contributed by atoms with Crippen molar-refractivity contribution in [3.05, 3.63) is 12.7 Å². The van der Waals surface area contributed by atoms with E-state index >= 15 is 0 Å². The molecular formula is C11H18N6O2. The summed E-state index contributed by atoms with van der Waals surface area (Å²) in [5.41, 5.74) is 0. The minimum absolute atomic E-state index is 0.0176. The van der Waals surface area contributed by atoms with Gasteiger partial charge in [0.25, 0.3) is 0 Å². The van der Waals surface area contributed by atoms with Gasteiger partial charge in [0, 0.05) is 33.2 Å². The van der Waals surface area contributed by atoms with Crippen molar-refractivity contribution >= 4 is 11.8 Å². The normalized spacial score (nSPS) is 15.3. The number of piperazine rings is 1. The molecule has 8 heteroatoms. The maximum absolute atomic E-state index is 12.0. The Hall–Kier alpha value is -1.96. The largest absolute Gasteiger partial charge is 0.339 e. The maximum atomic E-state index is 12.0. The van der Waals surface area contributed by atoms with Crippen molar-refractivity contribution in [2.75, 3.05) is 39.8 Å². The third-order valence-electron chi connectivity index (χ3n) is 3.03. The molecule has 1 fully saturated rings. The van der Waals surface area contributed by atoms with Gasteiger partial charge in [-0.05, 0) is 0 Å². The van der Waals surface area contributed by atoms with E-state index in [0.717, 1.165) is 13.1 Å². The first kappa shape index (κ1) is 13.5. The second kappa shape index (κ2) is 6.28. The van der Waals surface area contributed by atoms with Crippen LogP contribution >= 0.6 is 0 Å². The van der Waals surface area contributed by atoms with Crippen LogP contribution in [0.1, 0.15) is 0 Å². The fourth-order valence-corrected chi connectivity index (χ4v) is 1.88. The summed E-state index contributed by atoms with van der Waals surface area (Å²) in [7, 11) is 1.62. The van der Waals surface area contributed by atoms with Crippen molar-refractivity contribution < 1.29 is 9.59 Å². The summed E-state index contributed by atoms with van der Waals surface area (Å²) in [6.45, 7) is 3.22. The molecule has 0 saturated carbocycles. The van der Waals surface area contributed by atoms with E-state index in [9.17, 15) is 9.59 Å². The molecule has 0 aromatic carbocycles. The lowest BCUT2D eigenvalue weighted by atomic mass is 10.3. The summed E-state index contributed by atoms with van der Waals surface area (Å²) in [5, 5.41) is 7.04. The van der Waals surface area contributed by atoms with E-state index in [4.69, 9.17) is 0 Å². The van der Waals surface area contributed by atoms with Crippen LogP contribution in [0.4, 0.5) is 0 Å². The Morgan fingerprint density at radius 1 is 1.37 bits per heavy atom. The predicted octanol–water partition coefficient (Wildman–Crippen LogP) is -1.83. The summed E-state index contributed by atoms with van der Waals surface area (Å²) in [4.78, 5) is 30.8. The summed E-state index contributed by atoms with van der Waals surface area (Å²) in [5.74, 6) is -0.176. The van der Waals surface area contributed by atoms with Crippen molar-refractivity contribution in [3.8, 4) is 0 Å². The monoisotopic (exact) mass is 266 g/mol. The van der Waals surface area contributed by atoms with Gasteiger partial charge in [0.2, 0.25) is 11.8 Å². The number of carbonyl (C=O) groups is 2. The summed E-state index contributed by atoms with van der Waals surface area (Å²) in [6, 6.07) is 0. The summed E-state index contributed by atoms with van der Waals surface area (Å²) in [6.07, 6.45) is 2.85. The lowest BCUT2D eigenvalue weighted by Crippen LogP contribution is -2.50. The molecule has 19 heavy (non-hydrogen) atoms. The van der Waals surface area contributed by atoms with E-state index in [1.165, 1.54) is 22.2 Å². The second-order valence-corrected chi connectivity index (χ2v) is 4.47. The van der Waals surface area contributed by atoms with Gasteiger partial charge in [-0.3, -0.25) is 9.59 Å². The summed E-state index contributed by atoms with van der Waals surface area (Å²) >= 11 is 0. The molecular weight excluding hydrogens is 248 g/mol. The Morgan fingerprint density at radius 3 is 2.74 bits per heavy atom. The van der Waals surface area contributed by atoms with Crippen LogP contribution in [0.3, 0.4) is 0 Å². The topological polar surface area (TPSA) is 83.4 Å². The highest BCUT2D eigenvalue weighted by molar-refractivity contribution is 5.84. The van der Waals surface area contributed by atoms with Crippen LogP contribution < -0.4 is 5.32 Å². The quantitative estimate of drug-likeness (QED) is 0.693. The van der Waals surface area contributed by atoms with E-state index < -0.39 is 0 Å². The number of carbonyl (C=O) groups excluding carboxylic acids is 2. The van der Waals surface area contributed by atoms with Crippen LogP contribution in [0, 0.1) is 0 Å². The second-order valence-electron chi connectivity index (χ2n) is 4.47. The zero-order chi connectivity index (χ0) is 13.7. The molecule has 2 amide bonds. The summed E-state index contributed by atoms with van der Waals surface area (Å²) < 4.78 is 1.44. The molecule has 0 atom stereocenters. The Labute approximate surface area is 111 Å². The maximum Gasteiger partial charge on any atom is 0.244 e. The van der Waals surface area contributed by atoms with Gasteiger partial charge in [-0.1, -0.05) is 0 Å². The van der Waals surface area contributed by atoms with Crippen LogP contribution in [-0.4, -0.2) is 76.2 Å². The minimum Gasteiger partial charge on any atom is -0.339 e. The molecule has 0 unspecified atom stereocenters. The van der Waals surface area contributed by atoms with Crippen LogP contribution in [0.25, 0.3) is 0 Å². The molecule has 104 valence electrons. The molecule has 1 N–H and O–H groups in total. The number of nitrogens with one attached hydrogen (secondary N) is 1. The molecule has 1 aliphatic rings. The van der Waals surface area contributed by atoms with Gasteiger partial charge < -0.3 is 15.1 Å². The van der Waals surface area contributed by atoms with Crippen molar-refractivity contribution in [2.24, 2.45) is 0 Å². The number of aromatic nitrogens is 3. The molecule has 0 radical (unpaired) electrons. The Morgan fingerprint density at radius 2 is 2.11 bits per heavy atom. The van der Waals surface area contributed by atoms with Gasteiger partial charge in [-0.25, -0.2) is 9.67 Å². The first-order chi connectivity index (χ1) is 9.16. The van der Waals surface area contributed by atoms with E-state index in [-0.39, 0.29) is 24.9 Å². The van der Waals surface area contributed by atoms with Crippen molar-refractivity contribution in [1.29, 1.82) is 0 Å². The van der Waals surface area contributed by atoms with Crippen molar-refractivity contribution in [2.45, 2.75) is 6.54 Å². The first-order valence-electron chi connectivity index (χ1n) is 6.21. The van der Waals surface area contributed by atoms with Gasteiger partial charge in [-0.15, -0.1) is 0 Å². The lowest BCUT2D eigenvalue weighted by molar-refractivity contribution is -0.140. The Kier molecular flexibility index (Phi) is 4.45. The number of hydrogen-bond acceptors (Lipinski definition) is 5. The molecule has 1 saturated heterocycles. The number of amides is 2. The van der Waals surface area contributed by atoms with E-state index in [1.54, 1.807) is 11.9 Å². The highest BCUT2D eigenvalue weighted by Gasteiger charge is 2.20. The number of rotatable bonds is 4. The molecule has 2 heterocycles. The average molecular weight is 266 g/mol. The zero-order valence-electron chi connectivity index (χ0n) is 10.9. The van der Waals surface area contributed by atoms with Crippen molar-refractivity contribution in [3.63, 3.8) is 0 Å². The Balaban J connectivity index is 1.80. The molecule has 2 rings (SSSR count). The fourth-order valence-electron chi connectivity index (χ4n) is 1.88. The standard InChI is InChI=1S/C11H18N6O2/c1-15(10(18)7-17-9-13-8-14-17)6-11(19)16-4-2-12-3-5-16/h8-9,12H,2-7H2,1H3. The fraction of sp³-hybridized carbons (Fsp3) is 0.636. The van der Waals surface area contributed by atoms with Crippen LogP contribution in [0.2, 0.25) is 0 Å². The average Bonchev–Trinajstić information content (AvgIpc) is 2.92. The zero-order valence-corrected chi connectivity index (χ0v) is 10.9. The smallest absolute Gasteiger partial charge is 0.244 e. The minimum atomic E-state index is -0.158. The molecule has 8 nitrogen and oxygen atoms in total. The van der Waals surface area contributed by atoms with Crippen LogP contribution in [0.15, 0.2) is 12.7 Å². The lowest BCUT2D eigenvalue weighted by Gasteiger charge is -2.29. The van der Waals surface area contributed by atoms with Gasteiger partial charge >= 0.3 is 0 Å².